The lowest BCUT2D eigenvalue weighted by Gasteiger charge is -2.12. The molecule has 0 radical (unpaired) electrons. The van der Waals surface area contributed by atoms with Crippen molar-refractivity contribution in [2.45, 2.75) is 26.3 Å². The van der Waals surface area contributed by atoms with Crippen LogP contribution in [0, 0.1) is 13.8 Å². The summed E-state index contributed by atoms with van der Waals surface area (Å²) in [7, 11) is 1.97. The highest BCUT2D eigenvalue weighted by Crippen LogP contribution is 2.21. The number of nitrogens with zero attached hydrogens (tertiary/aromatic N) is 2. The Morgan fingerprint density at radius 3 is 2.79 bits per heavy atom. The molecule has 1 aliphatic heterocycles. The number of nitrogens with one attached hydrogen (secondary N) is 1. The topological polar surface area (TPSA) is 39.1 Å². The molecular formula is C10H17N3O. The summed E-state index contributed by atoms with van der Waals surface area (Å²) in [5.41, 5.74) is 3.43. The van der Waals surface area contributed by atoms with Crippen LogP contribution in [0.25, 0.3) is 0 Å². The van der Waals surface area contributed by atoms with Crippen molar-refractivity contribution in [3.63, 3.8) is 0 Å². The maximum atomic E-state index is 5.33. The largest absolute Gasteiger partial charge is 0.379 e. The first-order chi connectivity index (χ1) is 6.68. The summed E-state index contributed by atoms with van der Waals surface area (Å²) in [6.45, 7) is 5.80. The monoisotopic (exact) mass is 195 g/mol. The molecule has 14 heavy (non-hydrogen) atoms. The Morgan fingerprint density at radius 2 is 2.29 bits per heavy atom. The van der Waals surface area contributed by atoms with Gasteiger partial charge in [-0.05, 0) is 20.3 Å². The quantitative estimate of drug-likeness (QED) is 0.771. The Bertz CT molecular complexity index is 326. The maximum Gasteiger partial charge on any atom is 0.0827 e. The summed E-state index contributed by atoms with van der Waals surface area (Å²) < 4.78 is 7.24. The van der Waals surface area contributed by atoms with E-state index in [1.54, 1.807) is 0 Å². The Kier molecular flexibility index (Phi) is 2.46. The molecule has 1 fully saturated rings. The fraction of sp³-hybridized carbons (Fsp3) is 0.700. The molecule has 1 saturated heterocycles. The molecule has 1 unspecified atom stereocenters. The van der Waals surface area contributed by atoms with Crippen LogP contribution in [0.15, 0.2) is 0 Å². The maximum absolute atomic E-state index is 5.33. The van der Waals surface area contributed by atoms with Gasteiger partial charge in [-0.15, -0.1) is 0 Å². The number of rotatable bonds is 2. The predicted octanol–water partition coefficient (Wildman–Crippen LogP) is 1.24. The fourth-order valence-electron chi connectivity index (χ4n) is 1.83. The molecular weight excluding hydrogens is 178 g/mol. The van der Waals surface area contributed by atoms with Gasteiger partial charge < -0.3 is 10.1 Å². The van der Waals surface area contributed by atoms with Crippen LogP contribution in [-0.4, -0.2) is 29.0 Å². The van der Waals surface area contributed by atoms with Crippen molar-refractivity contribution in [3.05, 3.63) is 11.4 Å². The lowest BCUT2D eigenvalue weighted by atomic mass is 10.2. The Balaban J connectivity index is 2.14. The molecule has 1 aromatic rings. The standard InChI is InChI=1S/C10H17N3O/c1-7-10(8(2)13(3)12-7)11-9-4-5-14-6-9/h9,11H,4-6H2,1-3H3. The first-order valence-electron chi connectivity index (χ1n) is 5.03. The van der Waals surface area contributed by atoms with Gasteiger partial charge in [-0.25, -0.2) is 0 Å². The van der Waals surface area contributed by atoms with Gasteiger partial charge >= 0.3 is 0 Å². The van der Waals surface area contributed by atoms with Crippen molar-refractivity contribution < 1.29 is 4.74 Å². The Morgan fingerprint density at radius 1 is 1.50 bits per heavy atom. The molecule has 2 rings (SSSR count). The SMILES string of the molecule is Cc1nn(C)c(C)c1NC1CCOC1. The van der Waals surface area contributed by atoms with Gasteiger partial charge in [0.25, 0.3) is 0 Å². The zero-order chi connectivity index (χ0) is 10.1. The van der Waals surface area contributed by atoms with E-state index in [4.69, 9.17) is 4.74 Å². The predicted molar refractivity (Wildman–Crippen MR) is 55.5 cm³/mol. The van der Waals surface area contributed by atoms with Crippen molar-refractivity contribution in [3.8, 4) is 0 Å². The molecule has 4 nitrogen and oxygen atoms in total. The van der Waals surface area contributed by atoms with E-state index in [0.29, 0.717) is 6.04 Å². The summed E-state index contributed by atoms with van der Waals surface area (Å²) in [4.78, 5) is 0. The van der Waals surface area contributed by atoms with Crippen LogP contribution < -0.4 is 5.32 Å². The summed E-state index contributed by atoms with van der Waals surface area (Å²) >= 11 is 0. The first kappa shape index (κ1) is 9.52. The van der Waals surface area contributed by atoms with E-state index in [9.17, 15) is 0 Å². The molecule has 1 aromatic heterocycles. The molecule has 78 valence electrons. The van der Waals surface area contributed by atoms with Crippen LogP contribution in [0.1, 0.15) is 17.8 Å². The van der Waals surface area contributed by atoms with Crippen LogP contribution in [-0.2, 0) is 11.8 Å². The molecule has 0 spiro atoms. The molecule has 0 amide bonds. The second-order valence-electron chi connectivity index (χ2n) is 3.87. The van der Waals surface area contributed by atoms with Crippen molar-refractivity contribution in [1.29, 1.82) is 0 Å². The van der Waals surface area contributed by atoms with Gasteiger partial charge in [0.15, 0.2) is 0 Å². The van der Waals surface area contributed by atoms with Gasteiger partial charge in [0.2, 0.25) is 0 Å². The molecule has 1 aliphatic rings. The minimum atomic E-state index is 0.455. The average molecular weight is 195 g/mol. The highest BCUT2D eigenvalue weighted by Gasteiger charge is 2.18. The number of anilines is 1. The Labute approximate surface area is 84.3 Å². The third-order valence-electron chi connectivity index (χ3n) is 2.79. The molecule has 0 aromatic carbocycles. The van der Waals surface area contributed by atoms with Gasteiger partial charge in [-0.3, -0.25) is 4.68 Å². The highest BCUT2D eigenvalue weighted by molar-refractivity contribution is 5.52. The van der Waals surface area contributed by atoms with Gasteiger partial charge in [0, 0.05) is 13.7 Å². The molecule has 2 heterocycles. The lowest BCUT2D eigenvalue weighted by molar-refractivity contribution is 0.195. The average Bonchev–Trinajstić information content (AvgIpc) is 2.71. The molecule has 0 bridgehead atoms. The van der Waals surface area contributed by atoms with Crippen molar-refractivity contribution in [2.75, 3.05) is 18.5 Å². The smallest absolute Gasteiger partial charge is 0.0827 e. The molecule has 4 heteroatoms. The molecule has 0 saturated carbocycles. The molecule has 0 aliphatic carbocycles. The van der Waals surface area contributed by atoms with Gasteiger partial charge in [0.1, 0.15) is 0 Å². The number of ether oxygens (including phenoxy) is 1. The summed E-state index contributed by atoms with van der Waals surface area (Å²) in [5.74, 6) is 0. The van der Waals surface area contributed by atoms with Crippen LogP contribution in [0.5, 0.6) is 0 Å². The van der Waals surface area contributed by atoms with Gasteiger partial charge in [0.05, 0.1) is 29.7 Å². The zero-order valence-corrected chi connectivity index (χ0v) is 9.00. The lowest BCUT2D eigenvalue weighted by Crippen LogP contribution is -2.19. The van der Waals surface area contributed by atoms with E-state index < -0.39 is 0 Å². The number of hydrogen-bond donors (Lipinski definition) is 1. The minimum Gasteiger partial charge on any atom is -0.379 e. The third kappa shape index (κ3) is 1.62. The van der Waals surface area contributed by atoms with E-state index in [-0.39, 0.29) is 0 Å². The van der Waals surface area contributed by atoms with Crippen molar-refractivity contribution in [2.24, 2.45) is 7.05 Å². The summed E-state index contributed by atoms with van der Waals surface area (Å²) in [6, 6.07) is 0.455. The normalized spacial score (nSPS) is 21.5. The second-order valence-corrected chi connectivity index (χ2v) is 3.87. The summed E-state index contributed by atoms with van der Waals surface area (Å²) in [5, 5.41) is 7.86. The second kappa shape index (κ2) is 3.61. The van der Waals surface area contributed by atoms with E-state index in [1.165, 1.54) is 11.4 Å². The first-order valence-corrected chi connectivity index (χ1v) is 5.03. The molecule has 1 atom stereocenters. The van der Waals surface area contributed by atoms with E-state index in [0.717, 1.165) is 25.3 Å². The van der Waals surface area contributed by atoms with Crippen LogP contribution in [0.2, 0.25) is 0 Å². The number of aromatic nitrogens is 2. The van der Waals surface area contributed by atoms with Gasteiger partial charge in [-0.2, -0.15) is 5.10 Å². The van der Waals surface area contributed by atoms with Gasteiger partial charge in [-0.1, -0.05) is 0 Å². The minimum absolute atomic E-state index is 0.455. The van der Waals surface area contributed by atoms with Crippen molar-refractivity contribution >= 4 is 5.69 Å². The number of hydrogen-bond acceptors (Lipinski definition) is 3. The van der Waals surface area contributed by atoms with E-state index in [1.807, 2.05) is 18.7 Å². The van der Waals surface area contributed by atoms with E-state index >= 15 is 0 Å². The van der Waals surface area contributed by atoms with Crippen molar-refractivity contribution in [1.82, 2.24) is 9.78 Å². The van der Waals surface area contributed by atoms with Crippen LogP contribution in [0.3, 0.4) is 0 Å². The molecule has 1 N–H and O–H groups in total. The zero-order valence-electron chi connectivity index (χ0n) is 9.00. The Hall–Kier alpha value is -1.03. The number of aryl methyl sites for hydroxylation is 2. The van der Waals surface area contributed by atoms with Crippen LogP contribution in [0.4, 0.5) is 5.69 Å². The highest BCUT2D eigenvalue weighted by atomic mass is 16.5. The summed E-state index contributed by atoms with van der Waals surface area (Å²) in [6.07, 6.45) is 1.09. The van der Waals surface area contributed by atoms with E-state index in [2.05, 4.69) is 17.3 Å². The van der Waals surface area contributed by atoms with Crippen LogP contribution >= 0.6 is 0 Å². The third-order valence-corrected chi connectivity index (χ3v) is 2.79. The fourth-order valence-corrected chi connectivity index (χ4v) is 1.83.